The first kappa shape index (κ1) is 17.5. The number of rotatable bonds is 4. The third-order valence-electron chi connectivity index (χ3n) is 3.64. The Morgan fingerprint density at radius 1 is 1.24 bits per heavy atom. The fraction of sp³-hybridized carbons (Fsp3) is 0.111. The van der Waals surface area contributed by atoms with Crippen molar-refractivity contribution < 1.29 is 18.7 Å². The average Bonchev–Trinajstić information content (AvgIpc) is 2.85. The topological polar surface area (TPSA) is 46.6 Å². The Morgan fingerprint density at radius 3 is 2.72 bits per heavy atom. The van der Waals surface area contributed by atoms with Crippen LogP contribution in [0, 0.1) is 5.82 Å². The van der Waals surface area contributed by atoms with Gasteiger partial charge in [0.2, 0.25) is 0 Å². The van der Waals surface area contributed by atoms with Gasteiger partial charge in [-0.1, -0.05) is 29.8 Å². The number of halogens is 2. The molecule has 0 radical (unpaired) electrons. The number of benzene rings is 2. The lowest BCUT2D eigenvalue weighted by atomic mass is 10.2. The number of hydrogen-bond donors (Lipinski definition) is 0. The molecule has 1 fully saturated rings. The first-order valence-electron chi connectivity index (χ1n) is 7.32. The molecule has 0 N–H and O–H groups in total. The number of thioether (sulfide) groups is 1. The standard InChI is InChI=1S/C18H13ClFNO3S/c1-24-12-5-2-4-11(8-12)9-16-17(22)21(18(23)25-16)10-13-14(19)6-3-7-15(13)20/h2-9H,10H2,1H3/b16-9-. The molecule has 4 nitrogen and oxygen atoms in total. The molecule has 128 valence electrons. The molecule has 0 atom stereocenters. The van der Waals surface area contributed by atoms with Crippen molar-refractivity contribution in [2.45, 2.75) is 6.54 Å². The number of hydrogen-bond acceptors (Lipinski definition) is 4. The molecular weight excluding hydrogens is 365 g/mol. The lowest BCUT2D eigenvalue weighted by molar-refractivity contribution is -0.123. The van der Waals surface area contributed by atoms with Crippen LogP contribution in [0.5, 0.6) is 5.75 Å². The second kappa shape index (κ2) is 7.29. The Labute approximate surface area is 153 Å². The van der Waals surface area contributed by atoms with Crippen molar-refractivity contribution in [3.8, 4) is 5.75 Å². The van der Waals surface area contributed by atoms with E-state index in [1.54, 1.807) is 37.5 Å². The van der Waals surface area contributed by atoms with Crippen LogP contribution in [0.15, 0.2) is 47.4 Å². The van der Waals surface area contributed by atoms with Gasteiger partial charge in [-0.3, -0.25) is 14.5 Å². The number of carbonyl (C=O) groups excluding carboxylic acids is 2. The Balaban J connectivity index is 1.86. The molecule has 25 heavy (non-hydrogen) atoms. The molecule has 3 rings (SSSR count). The van der Waals surface area contributed by atoms with Gasteiger partial charge in [-0.15, -0.1) is 0 Å². The van der Waals surface area contributed by atoms with Gasteiger partial charge in [-0.2, -0.15) is 0 Å². The number of carbonyl (C=O) groups is 2. The molecular formula is C18H13ClFNO3S. The van der Waals surface area contributed by atoms with Crippen LogP contribution in [0.3, 0.4) is 0 Å². The summed E-state index contributed by atoms with van der Waals surface area (Å²) in [7, 11) is 1.55. The van der Waals surface area contributed by atoms with E-state index in [1.165, 1.54) is 18.2 Å². The molecule has 7 heteroatoms. The first-order chi connectivity index (χ1) is 12.0. The highest BCUT2D eigenvalue weighted by Gasteiger charge is 2.35. The van der Waals surface area contributed by atoms with Gasteiger partial charge in [0, 0.05) is 10.6 Å². The smallest absolute Gasteiger partial charge is 0.293 e. The Morgan fingerprint density at radius 2 is 2.00 bits per heavy atom. The highest BCUT2D eigenvalue weighted by atomic mass is 35.5. The summed E-state index contributed by atoms with van der Waals surface area (Å²) < 4.78 is 19.1. The van der Waals surface area contributed by atoms with Gasteiger partial charge in [0.05, 0.1) is 18.6 Å². The van der Waals surface area contributed by atoms with Crippen molar-refractivity contribution >= 4 is 40.6 Å². The van der Waals surface area contributed by atoms with E-state index in [2.05, 4.69) is 0 Å². The van der Waals surface area contributed by atoms with E-state index in [0.717, 1.165) is 22.2 Å². The number of ether oxygens (including phenoxy) is 1. The average molecular weight is 378 g/mol. The Bertz CT molecular complexity index is 864. The maximum absolute atomic E-state index is 13.9. The SMILES string of the molecule is COc1cccc(/C=C2\SC(=O)N(Cc3c(F)cccc3Cl)C2=O)c1. The van der Waals surface area contributed by atoms with Crippen LogP contribution in [-0.2, 0) is 11.3 Å². The van der Waals surface area contributed by atoms with Gasteiger partial charge < -0.3 is 4.74 Å². The van der Waals surface area contributed by atoms with Crippen LogP contribution >= 0.6 is 23.4 Å². The third-order valence-corrected chi connectivity index (χ3v) is 4.90. The highest BCUT2D eigenvalue weighted by molar-refractivity contribution is 8.18. The normalized spacial score (nSPS) is 16.0. The molecule has 1 heterocycles. The molecule has 2 aromatic carbocycles. The van der Waals surface area contributed by atoms with Crippen LogP contribution in [-0.4, -0.2) is 23.2 Å². The second-order valence-electron chi connectivity index (χ2n) is 5.24. The predicted molar refractivity (Wildman–Crippen MR) is 95.9 cm³/mol. The molecule has 0 spiro atoms. The van der Waals surface area contributed by atoms with E-state index in [4.69, 9.17) is 16.3 Å². The summed E-state index contributed by atoms with van der Waals surface area (Å²) in [5.41, 5.74) is 0.850. The Hall–Kier alpha value is -2.31. The third kappa shape index (κ3) is 3.70. The van der Waals surface area contributed by atoms with Crippen molar-refractivity contribution in [3.05, 3.63) is 69.3 Å². The molecule has 0 aromatic heterocycles. The molecule has 2 amide bonds. The van der Waals surface area contributed by atoms with Gasteiger partial charge in [0.25, 0.3) is 11.1 Å². The molecule has 2 aromatic rings. The summed E-state index contributed by atoms with van der Waals surface area (Å²) >= 11 is 6.79. The largest absolute Gasteiger partial charge is 0.497 e. The van der Waals surface area contributed by atoms with Gasteiger partial charge in [-0.25, -0.2) is 4.39 Å². The summed E-state index contributed by atoms with van der Waals surface area (Å²) in [6.07, 6.45) is 1.61. The molecule has 1 aliphatic rings. The molecule has 1 aliphatic heterocycles. The van der Waals surface area contributed by atoms with Crippen molar-refractivity contribution in [1.82, 2.24) is 4.90 Å². The van der Waals surface area contributed by atoms with Crippen molar-refractivity contribution in [1.29, 1.82) is 0 Å². The van der Waals surface area contributed by atoms with E-state index in [-0.39, 0.29) is 22.0 Å². The number of nitrogens with zero attached hydrogens (tertiary/aromatic N) is 1. The van der Waals surface area contributed by atoms with E-state index >= 15 is 0 Å². The van der Waals surface area contributed by atoms with Crippen LogP contribution < -0.4 is 4.74 Å². The van der Waals surface area contributed by atoms with E-state index in [0.29, 0.717) is 5.75 Å². The van der Waals surface area contributed by atoms with E-state index < -0.39 is 17.0 Å². The molecule has 0 saturated carbocycles. The lowest BCUT2D eigenvalue weighted by Gasteiger charge is -2.14. The fourth-order valence-corrected chi connectivity index (χ4v) is 3.42. The zero-order chi connectivity index (χ0) is 18.0. The monoisotopic (exact) mass is 377 g/mol. The minimum Gasteiger partial charge on any atom is -0.497 e. The van der Waals surface area contributed by atoms with Crippen molar-refractivity contribution in [2.24, 2.45) is 0 Å². The van der Waals surface area contributed by atoms with Crippen molar-refractivity contribution in [3.63, 3.8) is 0 Å². The summed E-state index contributed by atoms with van der Waals surface area (Å²) in [5.74, 6) is -0.383. The predicted octanol–water partition coefficient (Wildman–Crippen LogP) is 4.72. The molecule has 1 saturated heterocycles. The minimum atomic E-state index is -0.552. The van der Waals surface area contributed by atoms with Crippen LogP contribution in [0.1, 0.15) is 11.1 Å². The molecule has 0 unspecified atom stereocenters. The maximum Gasteiger partial charge on any atom is 0.293 e. The zero-order valence-electron chi connectivity index (χ0n) is 13.2. The van der Waals surface area contributed by atoms with Crippen molar-refractivity contribution in [2.75, 3.05) is 7.11 Å². The summed E-state index contributed by atoms with van der Waals surface area (Å²) in [5, 5.41) is -0.283. The van der Waals surface area contributed by atoms with Crippen LogP contribution in [0.2, 0.25) is 5.02 Å². The zero-order valence-corrected chi connectivity index (χ0v) is 14.7. The molecule has 0 aliphatic carbocycles. The fourth-order valence-electron chi connectivity index (χ4n) is 2.36. The van der Waals surface area contributed by atoms with Gasteiger partial charge in [0.15, 0.2) is 0 Å². The van der Waals surface area contributed by atoms with Crippen LogP contribution in [0.4, 0.5) is 9.18 Å². The van der Waals surface area contributed by atoms with Gasteiger partial charge in [0.1, 0.15) is 11.6 Å². The number of amides is 2. The Kier molecular flexibility index (Phi) is 5.11. The summed E-state index contributed by atoms with van der Waals surface area (Å²) in [4.78, 5) is 25.9. The second-order valence-corrected chi connectivity index (χ2v) is 6.65. The number of imide groups is 1. The van der Waals surface area contributed by atoms with Crippen LogP contribution in [0.25, 0.3) is 6.08 Å². The first-order valence-corrected chi connectivity index (χ1v) is 8.51. The van der Waals surface area contributed by atoms with Gasteiger partial charge >= 0.3 is 0 Å². The number of methoxy groups -OCH3 is 1. The maximum atomic E-state index is 13.9. The van der Waals surface area contributed by atoms with E-state index in [1.807, 2.05) is 0 Å². The quantitative estimate of drug-likeness (QED) is 0.723. The molecule has 0 bridgehead atoms. The minimum absolute atomic E-state index is 0.120. The van der Waals surface area contributed by atoms with Gasteiger partial charge in [-0.05, 0) is 47.7 Å². The highest BCUT2D eigenvalue weighted by Crippen LogP contribution is 2.34. The summed E-state index contributed by atoms with van der Waals surface area (Å²) in [6.45, 7) is -0.203. The lowest BCUT2D eigenvalue weighted by Crippen LogP contribution is -2.28. The van der Waals surface area contributed by atoms with E-state index in [9.17, 15) is 14.0 Å². The summed E-state index contributed by atoms with van der Waals surface area (Å²) in [6, 6.07) is 11.3.